The number of hydrogen-bond donors (Lipinski definition) is 2. The lowest BCUT2D eigenvalue weighted by Crippen LogP contribution is -2.06. The largest absolute Gasteiger partial charge is 0.478 e. The molecule has 2 rings (SSSR count). The monoisotopic (exact) mass is 322 g/mol. The highest BCUT2D eigenvalue weighted by molar-refractivity contribution is 6.02. The third-order valence-corrected chi connectivity index (χ3v) is 3.68. The van der Waals surface area contributed by atoms with Crippen LogP contribution in [0.4, 0.5) is 0 Å². The van der Waals surface area contributed by atoms with E-state index in [2.05, 4.69) is 13.2 Å². The molecule has 0 aliphatic heterocycles. The summed E-state index contributed by atoms with van der Waals surface area (Å²) >= 11 is 0. The molecule has 0 aliphatic rings. The van der Waals surface area contributed by atoms with Crippen molar-refractivity contribution in [1.29, 1.82) is 0 Å². The predicted molar refractivity (Wildman–Crippen MR) is 93.6 cm³/mol. The molecule has 0 aromatic heterocycles. The quantitative estimate of drug-likeness (QED) is 0.749. The van der Waals surface area contributed by atoms with Gasteiger partial charge in [-0.15, -0.1) is 13.2 Å². The fraction of sp³-hybridized carbons (Fsp3) is 0.100. The van der Waals surface area contributed by atoms with E-state index in [1.165, 1.54) is 0 Å². The van der Waals surface area contributed by atoms with Crippen molar-refractivity contribution in [3.8, 4) is 11.1 Å². The maximum atomic E-state index is 11.6. The van der Waals surface area contributed by atoms with Crippen LogP contribution in [-0.4, -0.2) is 22.2 Å². The van der Waals surface area contributed by atoms with Gasteiger partial charge in [-0.2, -0.15) is 0 Å². The molecule has 2 N–H and O–H groups in total. The summed E-state index contributed by atoms with van der Waals surface area (Å²) in [7, 11) is 0. The van der Waals surface area contributed by atoms with E-state index in [0.29, 0.717) is 24.0 Å². The van der Waals surface area contributed by atoms with Gasteiger partial charge in [0, 0.05) is 0 Å². The number of carboxylic acids is 2. The lowest BCUT2D eigenvalue weighted by Gasteiger charge is -2.12. The summed E-state index contributed by atoms with van der Waals surface area (Å²) in [6, 6.07) is 9.99. The summed E-state index contributed by atoms with van der Waals surface area (Å²) in [5, 5.41) is 19.0. The Balaban J connectivity index is 2.66. The number of hydrogen-bond acceptors (Lipinski definition) is 2. The van der Waals surface area contributed by atoms with E-state index in [1.807, 2.05) is 0 Å². The standard InChI is InChI=1S/C20H18O4/c1-3-5-13-7-9-15(17(11-13)19(21)22)16-10-8-14(6-4-2)12-18(16)20(23)24/h3-4,7-12H,1-2,5-6H2,(H,21,22)(H,23,24). The average Bonchev–Trinajstić information content (AvgIpc) is 2.55. The van der Waals surface area contributed by atoms with Gasteiger partial charge in [0.05, 0.1) is 11.1 Å². The van der Waals surface area contributed by atoms with Gasteiger partial charge < -0.3 is 10.2 Å². The van der Waals surface area contributed by atoms with E-state index in [1.54, 1.807) is 48.6 Å². The van der Waals surface area contributed by atoms with Crippen molar-refractivity contribution in [2.24, 2.45) is 0 Å². The number of benzene rings is 2. The summed E-state index contributed by atoms with van der Waals surface area (Å²) in [6.07, 6.45) is 4.47. The maximum absolute atomic E-state index is 11.6. The van der Waals surface area contributed by atoms with Gasteiger partial charge in [0.15, 0.2) is 0 Å². The van der Waals surface area contributed by atoms with Crippen molar-refractivity contribution in [3.63, 3.8) is 0 Å². The Labute approximate surface area is 140 Å². The molecule has 2 aromatic rings. The third-order valence-electron chi connectivity index (χ3n) is 3.68. The van der Waals surface area contributed by atoms with Crippen LogP contribution in [0.1, 0.15) is 31.8 Å². The number of carbonyl (C=O) groups is 2. The van der Waals surface area contributed by atoms with Crippen LogP contribution < -0.4 is 0 Å². The van der Waals surface area contributed by atoms with Gasteiger partial charge in [-0.05, 0) is 47.2 Å². The van der Waals surface area contributed by atoms with Gasteiger partial charge in [0.1, 0.15) is 0 Å². The Bertz CT molecular complexity index is 749. The van der Waals surface area contributed by atoms with Crippen molar-refractivity contribution in [2.75, 3.05) is 0 Å². The molecule has 0 saturated carbocycles. The van der Waals surface area contributed by atoms with Crippen LogP contribution in [-0.2, 0) is 12.8 Å². The summed E-state index contributed by atoms with van der Waals surface area (Å²) in [6.45, 7) is 7.28. The molecule has 0 bridgehead atoms. The molecular formula is C20H18O4. The second-order valence-electron chi connectivity index (χ2n) is 5.36. The lowest BCUT2D eigenvalue weighted by atomic mass is 9.91. The summed E-state index contributed by atoms with van der Waals surface area (Å²) in [4.78, 5) is 23.2. The van der Waals surface area contributed by atoms with Crippen molar-refractivity contribution in [1.82, 2.24) is 0 Å². The third kappa shape index (κ3) is 3.60. The molecule has 0 heterocycles. The molecule has 0 unspecified atom stereocenters. The maximum Gasteiger partial charge on any atom is 0.336 e. The molecule has 2 aromatic carbocycles. The Hall–Kier alpha value is -3.14. The zero-order valence-corrected chi connectivity index (χ0v) is 13.2. The van der Waals surface area contributed by atoms with Crippen LogP contribution in [0, 0.1) is 0 Å². The first-order valence-corrected chi connectivity index (χ1v) is 7.42. The molecule has 0 spiro atoms. The van der Waals surface area contributed by atoms with Gasteiger partial charge in [0.25, 0.3) is 0 Å². The second kappa shape index (κ2) is 7.42. The van der Waals surface area contributed by atoms with E-state index in [4.69, 9.17) is 0 Å². The molecule has 0 radical (unpaired) electrons. The molecule has 24 heavy (non-hydrogen) atoms. The molecule has 0 atom stereocenters. The molecule has 0 fully saturated rings. The lowest BCUT2D eigenvalue weighted by molar-refractivity contribution is 0.0684. The van der Waals surface area contributed by atoms with Crippen LogP contribution >= 0.6 is 0 Å². The van der Waals surface area contributed by atoms with Crippen LogP contribution in [0.25, 0.3) is 11.1 Å². The second-order valence-corrected chi connectivity index (χ2v) is 5.36. The molecule has 122 valence electrons. The Morgan fingerprint density at radius 3 is 1.46 bits per heavy atom. The zero-order chi connectivity index (χ0) is 17.7. The van der Waals surface area contributed by atoms with Gasteiger partial charge in [-0.1, -0.05) is 36.4 Å². The summed E-state index contributed by atoms with van der Waals surface area (Å²) in [5.41, 5.74) is 2.55. The first-order valence-electron chi connectivity index (χ1n) is 7.42. The highest BCUT2D eigenvalue weighted by Crippen LogP contribution is 2.29. The van der Waals surface area contributed by atoms with Gasteiger partial charge in [-0.3, -0.25) is 0 Å². The zero-order valence-electron chi connectivity index (χ0n) is 13.2. The Morgan fingerprint density at radius 2 is 1.17 bits per heavy atom. The number of allylic oxidation sites excluding steroid dienone is 2. The van der Waals surface area contributed by atoms with Crippen LogP contribution in [0.2, 0.25) is 0 Å². The Kier molecular flexibility index (Phi) is 5.32. The van der Waals surface area contributed by atoms with Gasteiger partial charge in [-0.25, -0.2) is 9.59 Å². The highest BCUT2D eigenvalue weighted by Gasteiger charge is 2.18. The molecular weight excluding hydrogens is 304 g/mol. The van der Waals surface area contributed by atoms with E-state index in [9.17, 15) is 19.8 Å². The van der Waals surface area contributed by atoms with E-state index < -0.39 is 11.9 Å². The van der Waals surface area contributed by atoms with Crippen LogP contribution in [0.5, 0.6) is 0 Å². The first kappa shape index (κ1) is 17.2. The van der Waals surface area contributed by atoms with Crippen molar-refractivity contribution in [2.45, 2.75) is 12.8 Å². The number of aromatic carboxylic acids is 2. The SMILES string of the molecule is C=CCc1ccc(-c2ccc(CC=C)cc2C(=O)O)c(C(=O)O)c1. The predicted octanol–water partition coefficient (Wildman–Crippen LogP) is 4.21. The fourth-order valence-corrected chi connectivity index (χ4v) is 2.59. The highest BCUT2D eigenvalue weighted by atomic mass is 16.4. The van der Waals surface area contributed by atoms with Gasteiger partial charge >= 0.3 is 11.9 Å². The number of rotatable bonds is 7. The van der Waals surface area contributed by atoms with Crippen LogP contribution in [0.15, 0.2) is 61.7 Å². The minimum atomic E-state index is -1.09. The normalized spacial score (nSPS) is 10.2. The fourth-order valence-electron chi connectivity index (χ4n) is 2.59. The minimum Gasteiger partial charge on any atom is -0.478 e. The average molecular weight is 322 g/mol. The smallest absolute Gasteiger partial charge is 0.336 e. The molecule has 4 heteroatoms. The Morgan fingerprint density at radius 1 is 0.792 bits per heavy atom. The summed E-state index contributed by atoms with van der Waals surface area (Å²) < 4.78 is 0. The van der Waals surface area contributed by atoms with Gasteiger partial charge in [0.2, 0.25) is 0 Å². The van der Waals surface area contributed by atoms with E-state index in [0.717, 1.165) is 11.1 Å². The first-order chi connectivity index (χ1) is 11.5. The van der Waals surface area contributed by atoms with Crippen LogP contribution in [0.3, 0.4) is 0 Å². The molecule has 0 saturated heterocycles. The topological polar surface area (TPSA) is 74.6 Å². The molecule has 0 amide bonds. The molecule has 4 nitrogen and oxygen atoms in total. The van der Waals surface area contributed by atoms with E-state index >= 15 is 0 Å². The van der Waals surface area contributed by atoms with Crippen molar-refractivity contribution >= 4 is 11.9 Å². The minimum absolute atomic E-state index is 0.0771. The van der Waals surface area contributed by atoms with Crippen molar-refractivity contribution < 1.29 is 19.8 Å². The number of carboxylic acid groups (broad SMARTS) is 2. The van der Waals surface area contributed by atoms with Crippen molar-refractivity contribution in [3.05, 3.63) is 84.0 Å². The summed E-state index contributed by atoms with van der Waals surface area (Å²) in [5.74, 6) is -2.19. The van der Waals surface area contributed by atoms with E-state index in [-0.39, 0.29) is 11.1 Å². The molecule has 0 aliphatic carbocycles.